The Morgan fingerprint density at radius 2 is 1.62 bits per heavy atom. The molecular formula is C9H20NO2P. The lowest BCUT2D eigenvalue weighted by molar-refractivity contribution is 0.0422. The second-order valence-electron chi connectivity index (χ2n) is 4.74. The van der Waals surface area contributed by atoms with E-state index in [2.05, 4.69) is 20.8 Å². The molecule has 0 aliphatic carbocycles. The Kier molecular flexibility index (Phi) is 3.70. The minimum absolute atomic E-state index is 0.285. The molecule has 1 saturated heterocycles. The van der Waals surface area contributed by atoms with Crippen LogP contribution < -0.4 is 0 Å². The molecule has 0 saturated carbocycles. The van der Waals surface area contributed by atoms with E-state index >= 15 is 0 Å². The minimum Gasteiger partial charge on any atom is -0.322 e. The van der Waals surface area contributed by atoms with Gasteiger partial charge in [-0.05, 0) is 19.5 Å². The van der Waals surface area contributed by atoms with Crippen molar-refractivity contribution in [1.29, 1.82) is 0 Å². The standard InChI is InChI=1S/C9H20NO2P/c1-9(2,3)8-6-11-13(10(4)5)12-7-8/h8H,6-7H2,1-5H3. The summed E-state index contributed by atoms with van der Waals surface area (Å²) in [5.74, 6) is 0.520. The molecule has 1 aliphatic heterocycles. The van der Waals surface area contributed by atoms with Crippen molar-refractivity contribution in [2.45, 2.75) is 20.8 Å². The Labute approximate surface area is 82.4 Å². The summed E-state index contributed by atoms with van der Waals surface area (Å²) in [6.45, 7) is 8.34. The van der Waals surface area contributed by atoms with Crippen molar-refractivity contribution >= 4 is 8.53 Å². The number of hydrogen-bond acceptors (Lipinski definition) is 3. The molecule has 0 N–H and O–H groups in total. The topological polar surface area (TPSA) is 21.7 Å². The van der Waals surface area contributed by atoms with Gasteiger partial charge in [0.15, 0.2) is 0 Å². The van der Waals surface area contributed by atoms with Gasteiger partial charge in [-0.3, -0.25) is 0 Å². The van der Waals surface area contributed by atoms with Crippen molar-refractivity contribution in [1.82, 2.24) is 4.67 Å². The molecule has 0 amide bonds. The predicted molar refractivity (Wildman–Crippen MR) is 55.5 cm³/mol. The van der Waals surface area contributed by atoms with Crippen LogP contribution in [0.1, 0.15) is 20.8 Å². The summed E-state index contributed by atoms with van der Waals surface area (Å²) >= 11 is 0. The lowest BCUT2D eigenvalue weighted by atomic mass is 9.82. The van der Waals surface area contributed by atoms with Crippen LogP contribution in [-0.4, -0.2) is 32.0 Å². The van der Waals surface area contributed by atoms with E-state index in [0.29, 0.717) is 5.92 Å². The summed E-state index contributed by atoms with van der Waals surface area (Å²) in [6.07, 6.45) is 0. The van der Waals surface area contributed by atoms with Crippen molar-refractivity contribution < 1.29 is 9.05 Å². The highest BCUT2D eigenvalue weighted by atomic mass is 31.2. The van der Waals surface area contributed by atoms with Crippen LogP contribution in [0.25, 0.3) is 0 Å². The van der Waals surface area contributed by atoms with Crippen LogP contribution in [0.5, 0.6) is 0 Å². The molecule has 1 rings (SSSR count). The molecular weight excluding hydrogens is 185 g/mol. The third kappa shape index (κ3) is 3.17. The van der Waals surface area contributed by atoms with Crippen molar-refractivity contribution in [3.05, 3.63) is 0 Å². The Bertz CT molecular complexity index is 159. The van der Waals surface area contributed by atoms with E-state index in [4.69, 9.17) is 9.05 Å². The lowest BCUT2D eigenvalue weighted by Crippen LogP contribution is -2.33. The highest BCUT2D eigenvalue weighted by Gasteiger charge is 2.32. The number of nitrogens with zero attached hydrogens (tertiary/aromatic N) is 1. The summed E-state index contributed by atoms with van der Waals surface area (Å²) in [4.78, 5) is 0. The van der Waals surface area contributed by atoms with Crippen LogP contribution in [0.3, 0.4) is 0 Å². The maximum atomic E-state index is 5.65. The minimum atomic E-state index is -0.771. The smallest absolute Gasteiger partial charge is 0.258 e. The van der Waals surface area contributed by atoms with Gasteiger partial charge in [0.1, 0.15) is 0 Å². The van der Waals surface area contributed by atoms with Crippen molar-refractivity contribution in [3.63, 3.8) is 0 Å². The van der Waals surface area contributed by atoms with Crippen LogP contribution in [-0.2, 0) is 9.05 Å². The number of rotatable bonds is 1. The van der Waals surface area contributed by atoms with Crippen LogP contribution in [0.4, 0.5) is 0 Å². The average Bonchev–Trinajstić information content (AvgIpc) is 2.03. The van der Waals surface area contributed by atoms with Crippen molar-refractivity contribution in [3.8, 4) is 0 Å². The molecule has 0 atom stereocenters. The molecule has 1 heterocycles. The zero-order chi connectivity index (χ0) is 10.1. The zero-order valence-corrected chi connectivity index (χ0v) is 10.1. The third-order valence-corrected chi connectivity index (χ3v) is 3.72. The molecule has 1 fully saturated rings. The van der Waals surface area contributed by atoms with E-state index in [9.17, 15) is 0 Å². The van der Waals surface area contributed by atoms with Gasteiger partial charge in [0.25, 0.3) is 8.53 Å². The summed E-state index contributed by atoms with van der Waals surface area (Å²) in [5.41, 5.74) is 0.285. The summed E-state index contributed by atoms with van der Waals surface area (Å²) in [6, 6.07) is 0. The van der Waals surface area contributed by atoms with Gasteiger partial charge in [0, 0.05) is 5.92 Å². The Balaban J connectivity index is 2.39. The Morgan fingerprint density at radius 1 is 1.15 bits per heavy atom. The molecule has 0 spiro atoms. The molecule has 0 aromatic rings. The van der Waals surface area contributed by atoms with Gasteiger partial charge in [-0.1, -0.05) is 20.8 Å². The van der Waals surface area contributed by atoms with E-state index in [1.807, 2.05) is 18.8 Å². The first kappa shape index (κ1) is 11.4. The van der Waals surface area contributed by atoms with Gasteiger partial charge < -0.3 is 9.05 Å². The fourth-order valence-electron chi connectivity index (χ4n) is 1.12. The number of hydrogen-bond donors (Lipinski definition) is 0. The maximum absolute atomic E-state index is 5.65. The molecule has 4 heteroatoms. The lowest BCUT2D eigenvalue weighted by Gasteiger charge is -2.37. The van der Waals surface area contributed by atoms with Gasteiger partial charge in [-0.2, -0.15) is 0 Å². The van der Waals surface area contributed by atoms with E-state index in [-0.39, 0.29) is 5.41 Å². The van der Waals surface area contributed by atoms with E-state index in [1.54, 1.807) is 0 Å². The first-order chi connectivity index (χ1) is 5.91. The first-order valence-electron chi connectivity index (χ1n) is 4.64. The molecule has 0 radical (unpaired) electrons. The molecule has 0 aromatic heterocycles. The SMILES string of the molecule is CN(C)P1OCC(C(C)(C)C)CO1. The summed E-state index contributed by atoms with van der Waals surface area (Å²) in [5, 5.41) is 0. The van der Waals surface area contributed by atoms with Gasteiger partial charge in [0.2, 0.25) is 0 Å². The van der Waals surface area contributed by atoms with E-state index in [1.165, 1.54) is 0 Å². The monoisotopic (exact) mass is 205 g/mol. The highest BCUT2D eigenvalue weighted by molar-refractivity contribution is 7.44. The Hall–Kier alpha value is 0.310. The second-order valence-corrected chi connectivity index (χ2v) is 6.53. The quantitative estimate of drug-likeness (QED) is 0.614. The van der Waals surface area contributed by atoms with Gasteiger partial charge in [-0.25, -0.2) is 4.67 Å². The fourth-order valence-corrected chi connectivity index (χ4v) is 2.28. The van der Waals surface area contributed by atoms with Gasteiger partial charge >= 0.3 is 0 Å². The molecule has 78 valence electrons. The molecule has 3 nitrogen and oxygen atoms in total. The summed E-state index contributed by atoms with van der Waals surface area (Å²) < 4.78 is 13.3. The average molecular weight is 205 g/mol. The van der Waals surface area contributed by atoms with Crippen molar-refractivity contribution in [2.24, 2.45) is 11.3 Å². The fraction of sp³-hybridized carbons (Fsp3) is 1.00. The normalized spacial score (nSPS) is 30.9. The predicted octanol–water partition coefficient (Wildman–Crippen LogP) is 2.48. The largest absolute Gasteiger partial charge is 0.322 e. The maximum Gasteiger partial charge on any atom is 0.258 e. The zero-order valence-electron chi connectivity index (χ0n) is 9.20. The van der Waals surface area contributed by atoms with E-state index < -0.39 is 8.53 Å². The van der Waals surface area contributed by atoms with Crippen LogP contribution in [0.2, 0.25) is 0 Å². The van der Waals surface area contributed by atoms with E-state index in [0.717, 1.165) is 13.2 Å². The highest BCUT2D eigenvalue weighted by Crippen LogP contribution is 2.46. The molecule has 0 bridgehead atoms. The molecule has 0 aromatic carbocycles. The van der Waals surface area contributed by atoms with Crippen LogP contribution in [0, 0.1) is 11.3 Å². The third-order valence-electron chi connectivity index (χ3n) is 2.32. The second kappa shape index (κ2) is 4.22. The molecule has 0 unspecified atom stereocenters. The van der Waals surface area contributed by atoms with Gasteiger partial charge in [0.05, 0.1) is 13.2 Å². The first-order valence-corrected chi connectivity index (χ1v) is 5.77. The van der Waals surface area contributed by atoms with Crippen LogP contribution >= 0.6 is 8.53 Å². The van der Waals surface area contributed by atoms with Crippen molar-refractivity contribution in [2.75, 3.05) is 27.3 Å². The summed E-state index contributed by atoms with van der Waals surface area (Å²) in [7, 11) is 3.21. The van der Waals surface area contributed by atoms with Gasteiger partial charge in [-0.15, -0.1) is 0 Å². The van der Waals surface area contributed by atoms with Crippen LogP contribution in [0.15, 0.2) is 0 Å². The molecule has 1 aliphatic rings. The Morgan fingerprint density at radius 3 is 1.92 bits per heavy atom. The molecule has 13 heavy (non-hydrogen) atoms.